The minimum Gasteiger partial charge on any atom is -0.508 e. The van der Waals surface area contributed by atoms with E-state index in [0.717, 1.165) is 16.8 Å². The number of phenols is 1. The number of carbonyl (C=O) groups is 1. The third-order valence-electron chi connectivity index (χ3n) is 3.25. The minimum atomic E-state index is -0.159. The highest BCUT2D eigenvalue weighted by Gasteiger charge is 2.23. The van der Waals surface area contributed by atoms with Crippen LogP contribution in [0.5, 0.6) is 5.75 Å². The number of benzene rings is 1. The first kappa shape index (κ1) is 12.6. The van der Waals surface area contributed by atoms with E-state index in [1.54, 1.807) is 19.1 Å². The van der Waals surface area contributed by atoms with Crippen LogP contribution >= 0.6 is 0 Å². The predicted octanol–water partition coefficient (Wildman–Crippen LogP) is 1.85. The maximum Gasteiger partial charge on any atom is 0.231 e. The summed E-state index contributed by atoms with van der Waals surface area (Å²) in [4.78, 5) is 12.0. The second kappa shape index (κ2) is 4.82. The topological polar surface area (TPSA) is 75.4 Å². The molecule has 4 nitrogen and oxygen atoms in total. The number of phenolic OH excluding ortho intramolecular Hbond substituents is 1. The van der Waals surface area contributed by atoms with Crippen molar-refractivity contribution in [2.45, 2.75) is 26.3 Å². The summed E-state index contributed by atoms with van der Waals surface area (Å²) in [6.45, 7) is 3.65. The molecule has 0 heterocycles. The molecule has 0 aromatic heterocycles. The zero-order valence-electron chi connectivity index (χ0n) is 10.6. The number of anilines is 1. The third-order valence-corrected chi connectivity index (χ3v) is 3.25. The molecule has 1 aromatic carbocycles. The van der Waals surface area contributed by atoms with Gasteiger partial charge in [0, 0.05) is 11.7 Å². The summed E-state index contributed by atoms with van der Waals surface area (Å²) < 4.78 is 0. The zero-order chi connectivity index (χ0) is 13.3. The molecule has 96 valence electrons. The average Bonchev–Trinajstić information content (AvgIpc) is 2.73. The number of hydrogen-bond donors (Lipinski definition) is 3. The van der Waals surface area contributed by atoms with Gasteiger partial charge in [0.1, 0.15) is 5.75 Å². The molecule has 4 N–H and O–H groups in total. The Balaban J connectivity index is 2.12. The fourth-order valence-electron chi connectivity index (χ4n) is 2.08. The van der Waals surface area contributed by atoms with E-state index >= 15 is 0 Å². The molecule has 2 atom stereocenters. The fraction of sp³-hybridized carbons (Fsp3) is 0.357. The maximum absolute atomic E-state index is 12.0. The fourth-order valence-corrected chi connectivity index (χ4v) is 2.08. The Morgan fingerprint density at radius 1 is 1.33 bits per heavy atom. The van der Waals surface area contributed by atoms with Crippen molar-refractivity contribution in [3.05, 3.63) is 35.4 Å². The van der Waals surface area contributed by atoms with E-state index in [1.165, 1.54) is 0 Å². The van der Waals surface area contributed by atoms with Gasteiger partial charge in [-0.15, -0.1) is 0 Å². The van der Waals surface area contributed by atoms with Gasteiger partial charge in [-0.3, -0.25) is 4.79 Å². The smallest absolute Gasteiger partial charge is 0.231 e. The highest BCUT2D eigenvalue weighted by molar-refractivity contribution is 5.94. The molecule has 1 aliphatic carbocycles. The highest BCUT2D eigenvalue weighted by Crippen LogP contribution is 2.26. The molecule has 2 rings (SSSR count). The van der Waals surface area contributed by atoms with E-state index in [0.29, 0.717) is 6.42 Å². The first-order valence-electron chi connectivity index (χ1n) is 6.02. The van der Waals surface area contributed by atoms with Crippen LogP contribution in [0.1, 0.15) is 17.5 Å². The van der Waals surface area contributed by atoms with Crippen molar-refractivity contribution in [3.8, 4) is 5.75 Å². The molecular weight excluding hydrogens is 228 g/mol. The average molecular weight is 246 g/mol. The molecule has 0 fully saturated rings. The Labute approximate surface area is 107 Å². The van der Waals surface area contributed by atoms with Crippen LogP contribution < -0.4 is 11.1 Å². The minimum absolute atomic E-state index is 0.0246. The number of carbonyl (C=O) groups excluding carboxylic acids is 1. The summed E-state index contributed by atoms with van der Waals surface area (Å²) >= 11 is 0. The van der Waals surface area contributed by atoms with Gasteiger partial charge in [-0.2, -0.15) is 0 Å². The van der Waals surface area contributed by atoms with Crippen LogP contribution in [0.3, 0.4) is 0 Å². The Bertz CT molecular complexity index is 509. The zero-order valence-corrected chi connectivity index (χ0v) is 10.6. The summed E-state index contributed by atoms with van der Waals surface area (Å²) in [5.74, 6) is 0.0363. The van der Waals surface area contributed by atoms with E-state index in [4.69, 9.17) is 5.73 Å². The number of hydrogen-bond acceptors (Lipinski definition) is 3. The standard InChI is InChI=1S/C14H18N2O2/c1-8-6-13(17)9(2)5-12(8)16-14(18)10-3-4-11(15)7-10/h3-6,10-11,17H,7,15H2,1-2H3,(H,16,18). The van der Waals surface area contributed by atoms with Crippen molar-refractivity contribution in [3.63, 3.8) is 0 Å². The van der Waals surface area contributed by atoms with E-state index in [2.05, 4.69) is 5.32 Å². The Morgan fingerprint density at radius 3 is 2.67 bits per heavy atom. The van der Waals surface area contributed by atoms with Crippen LogP contribution in [-0.2, 0) is 4.79 Å². The highest BCUT2D eigenvalue weighted by atomic mass is 16.3. The first-order chi connectivity index (χ1) is 8.47. The second-order valence-corrected chi connectivity index (χ2v) is 4.83. The first-order valence-corrected chi connectivity index (χ1v) is 6.02. The van der Waals surface area contributed by atoms with Gasteiger partial charge < -0.3 is 16.2 Å². The lowest BCUT2D eigenvalue weighted by molar-refractivity contribution is -0.118. The van der Waals surface area contributed by atoms with Gasteiger partial charge in [-0.1, -0.05) is 12.2 Å². The number of rotatable bonds is 2. The number of nitrogens with one attached hydrogen (secondary N) is 1. The molecule has 1 amide bonds. The summed E-state index contributed by atoms with van der Waals surface area (Å²) in [5, 5.41) is 12.4. The molecule has 4 heteroatoms. The van der Waals surface area contributed by atoms with Gasteiger partial charge in [0.05, 0.1) is 5.92 Å². The van der Waals surface area contributed by atoms with Crippen molar-refractivity contribution in [1.82, 2.24) is 0 Å². The molecule has 0 aliphatic heterocycles. The Kier molecular flexibility index (Phi) is 3.39. The van der Waals surface area contributed by atoms with E-state index < -0.39 is 0 Å². The van der Waals surface area contributed by atoms with Crippen LogP contribution in [0, 0.1) is 19.8 Å². The number of nitrogens with two attached hydrogens (primary N) is 1. The number of aryl methyl sites for hydroxylation is 2. The quantitative estimate of drug-likeness (QED) is 0.550. The van der Waals surface area contributed by atoms with Crippen molar-refractivity contribution < 1.29 is 9.90 Å². The van der Waals surface area contributed by atoms with Gasteiger partial charge >= 0.3 is 0 Å². The van der Waals surface area contributed by atoms with Gasteiger partial charge in [0.25, 0.3) is 0 Å². The van der Waals surface area contributed by atoms with Gasteiger partial charge in [0.2, 0.25) is 5.91 Å². The van der Waals surface area contributed by atoms with Crippen molar-refractivity contribution >= 4 is 11.6 Å². The number of aromatic hydroxyl groups is 1. The summed E-state index contributed by atoms with van der Waals surface area (Å²) in [6.07, 6.45) is 4.36. The largest absolute Gasteiger partial charge is 0.508 e. The summed E-state index contributed by atoms with van der Waals surface area (Å²) in [6, 6.07) is 3.41. The Morgan fingerprint density at radius 2 is 2.06 bits per heavy atom. The molecular formula is C14H18N2O2. The SMILES string of the molecule is Cc1cc(NC(=O)C2C=CC(N)C2)c(C)cc1O. The summed E-state index contributed by atoms with van der Waals surface area (Å²) in [5.41, 5.74) is 8.06. The molecule has 0 saturated heterocycles. The van der Waals surface area contributed by atoms with Crippen molar-refractivity contribution in [2.24, 2.45) is 11.7 Å². The predicted molar refractivity (Wildman–Crippen MR) is 71.4 cm³/mol. The van der Waals surface area contributed by atoms with Crippen molar-refractivity contribution in [2.75, 3.05) is 5.32 Å². The van der Waals surface area contributed by atoms with E-state index in [1.807, 2.05) is 19.1 Å². The van der Waals surface area contributed by atoms with Crippen LogP contribution in [-0.4, -0.2) is 17.1 Å². The van der Waals surface area contributed by atoms with E-state index in [9.17, 15) is 9.90 Å². The lowest BCUT2D eigenvalue weighted by Crippen LogP contribution is -2.24. The molecule has 0 spiro atoms. The van der Waals surface area contributed by atoms with Crippen LogP contribution in [0.25, 0.3) is 0 Å². The summed E-state index contributed by atoms with van der Waals surface area (Å²) in [7, 11) is 0. The van der Waals surface area contributed by atoms with Crippen LogP contribution in [0.15, 0.2) is 24.3 Å². The third kappa shape index (κ3) is 2.54. The van der Waals surface area contributed by atoms with E-state index in [-0.39, 0.29) is 23.6 Å². The maximum atomic E-state index is 12.0. The molecule has 1 aliphatic rings. The molecule has 2 unspecified atom stereocenters. The molecule has 0 bridgehead atoms. The lowest BCUT2D eigenvalue weighted by Gasteiger charge is -2.13. The molecule has 18 heavy (non-hydrogen) atoms. The molecule has 0 radical (unpaired) electrons. The van der Waals surface area contributed by atoms with Gasteiger partial charge in [-0.05, 0) is 43.5 Å². The van der Waals surface area contributed by atoms with Crippen molar-refractivity contribution in [1.29, 1.82) is 0 Å². The molecule has 0 saturated carbocycles. The van der Waals surface area contributed by atoms with Gasteiger partial charge in [0.15, 0.2) is 0 Å². The number of amides is 1. The normalized spacial score (nSPS) is 22.2. The monoisotopic (exact) mass is 246 g/mol. The van der Waals surface area contributed by atoms with Gasteiger partial charge in [-0.25, -0.2) is 0 Å². The van der Waals surface area contributed by atoms with Crippen LogP contribution in [0.4, 0.5) is 5.69 Å². The van der Waals surface area contributed by atoms with Crippen LogP contribution in [0.2, 0.25) is 0 Å². The lowest BCUT2D eigenvalue weighted by atomic mass is 10.1. The Hall–Kier alpha value is -1.81. The second-order valence-electron chi connectivity index (χ2n) is 4.83. The molecule has 1 aromatic rings.